The van der Waals surface area contributed by atoms with Crippen molar-refractivity contribution >= 4 is 47.4 Å². The number of nitrogens with zero attached hydrogens (tertiary/aromatic N) is 5. The molecule has 2 aromatic heterocycles. The van der Waals surface area contributed by atoms with Crippen molar-refractivity contribution in [3.63, 3.8) is 0 Å². The average Bonchev–Trinajstić information content (AvgIpc) is 3.09. The Kier molecular flexibility index (Phi) is 8.49. The maximum atomic E-state index is 6.27. The van der Waals surface area contributed by atoms with Gasteiger partial charge in [-0.25, -0.2) is 19.9 Å². The van der Waals surface area contributed by atoms with Gasteiger partial charge in [-0.2, -0.15) is 0 Å². The Hall–Kier alpha value is -1.68. The minimum absolute atomic E-state index is 0. The molecule has 1 aliphatic heterocycles. The predicted octanol–water partition coefficient (Wildman–Crippen LogP) is 2.79. The van der Waals surface area contributed by atoms with Gasteiger partial charge in [-0.3, -0.25) is 0 Å². The molecule has 0 saturated carbocycles. The number of anilines is 1. The Morgan fingerprint density at radius 2 is 2.19 bits per heavy atom. The maximum absolute atomic E-state index is 6.27. The van der Waals surface area contributed by atoms with E-state index in [2.05, 4.69) is 42.4 Å². The van der Waals surface area contributed by atoms with Gasteiger partial charge in [0.25, 0.3) is 0 Å². The van der Waals surface area contributed by atoms with E-state index >= 15 is 0 Å². The molecule has 0 spiro atoms. The molecule has 9 heteroatoms. The molecule has 1 atom stereocenters. The predicted molar refractivity (Wildman–Crippen MR) is 120 cm³/mol. The van der Waals surface area contributed by atoms with Crippen LogP contribution in [-0.4, -0.2) is 46.6 Å². The van der Waals surface area contributed by atoms with Crippen LogP contribution in [0.4, 0.5) is 5.82 Å². The van der Waals surface area contributed by atoms with Gasteiger partial charge in [0, 0.05) is 38.1 Å². The van der Waals surface area contributed by atoms with Crippen LogP contribution in [0.25, 0.3) is 0 Å². The van der Waals surface area contributed by atoms with Crippen LogP contribution in [-0.2, 0) is 6.54 Å². The van der Waals surface area contributed by atoms with E-state index in [9.17, 15) is 0 Å². The normalized spacial score (nSPS) is 16.8. The fourth-order valence-electron chi connectivity index (χ4n) is 2.95. The molecule has 3 heterocycles. The first-order valence-corrected chi connectivity index (χ1v) is 9.22. The fraction of sp³-hybridized carbons (Fsp3) is 0.444. The van der Waals surface area contributed by atoms with E-state index in [1.54, 1.807) is 12.4 Å². The second kappa shape index (κ2) is 10.6. The highest BCUT2D eigenvalue weighted by Crippen LogP contribution is 2.25. The fourth-order valence-corrected chi connectivity index (χ4v) is 3.19. The quantitative estimate of drug-likeness (QED) is 0.373. The van der Waals surface area contributed by atoms with Crippen LogP contribution in [0.15, 0.2) is 35.6 Å². The van der Waals surface area contributed by atoms with Gasteiger partial charge in [-0.15, -0.1) is 24.0 Å². The second-order valence-electron chi connectivity index (χ2n) is 6.18. The molecule has 0 amide bonds. The zero-order chi connectivity index (χ0) is 18.4. The van der Waals surface area contributed by atoms with Gasteiger partial charge in [-0.05, 0) is 38.5 Å². The van der Waals surface area contributed by atoms with E-state index in [1.165, 1.54) is 0 Å². The van der Waals surface area contributed by atoms with Crippen LogP contribution in [0.5, 0.6) is 0 Å². The highest BCUT2D eigenvalue weighted by Gasteiger charge is 2.25. The smallest absolute Gasteiger partial charge is 0.191 e. The number of hydrogen-bond donors (Lipinski definition) is 2. The summed E-state index contributed by atoms with van der Waals surface area (Å²) in [5.74, 6) is 2.40. The van der Waals surface area contributed by atoms with Crippen LogP contribution in [0.3, 0.4) is 0 Å². The van der Waals surface area contributed by atoms with Crippen molar-refractivity contribution in [2.45, 2.75) is 32.9 Å². The largest absolute Gasteiger partial charge is 0.357 e. The molecule has 3 rings (SSSR count). The van der Waals surface area contributed by atoms with Crippen LogP contribution in [0.1, 0.15) is 24.9 Å². The molecule has 1 unspecified atom stereocenters. The minimum atomic E-state index is 0. The number of hydrogen-bond acceptors (Lipinski definition) is 5. The van der Waals surface area contributed by atoms with Crippen LogP contribution in [0.2, 0.25) is 5.02 Å². The number of aromatic nitrogens is 3. The van der Waals surface area contributed by atoms with E-state index in [4.69, 9.17) is 11.6 Å². The Labute approximate surface area is 182 Å². The van der Waals surface area contributed by atoms with Crippen molar-refractivity contribution in [1.29, 1.82) is 0 Å². The third-order valence-electron chi connectivity index (χ3n) is 4.14. The summed E-state index contributed by atoms with van der Waals surface area (Å²) in [4.78, 5) is 19.8. The van der Waals surface area contributed by atoms with E-state index in [1.807, 2.05) is 25.1 Å². The Bertz CT molecular complexity index is 771. The van der Waals surface area contributed by atoms with Gasteiger partial charge >= 0.3 is 0 Å². The summed E-state index contributed by atoms with van der Waals surface area (Å²) in [5.41, 5.74) is 0.906. The van der Waals surface area contributed by atoms with Gasteiger partial charge in [0.15, 0.2) is 5.96 Å². The maximum Gasteiger partial charge on any atom is 0.191 e. The number of pyridine rings is 1. The first-order valence-electron chi connectivity index (χ1n) is 8.84. The first-order chi connectivity index (χ1) is 12.7. The zero-order valence-corrected chi connectivity index (χ0v) is 18.6. The highest BCUT2D eigenvalue weighted by molar-refractivity contribution is 14.0. The Morgan fingerprint density at radius 3 is 2.93 bits per heavy atom. The number of aryl methyl sites for hydroxylation is 1. The van der Waals surface area contributed by atoms with Crippen molar-refractivity contribution in [2.24, 2.45) is 4.99 Å². The summed E-state index contributed by atoms with van der Waals surface area (Å²) in [5, 5.41) is 7.49. The zero-order valence-electron chi connectivity index (χ0n) is 15.5. The molecule has 1 aliphatic rings. The van der Waals surface area contributed by atoms with E-state index < -0.39 is 0 Å². The Morgan fingerprint density at radius 1 is 1.33 bits per heavy atom. The second-order valence-corrected chi connectivity index (χ2v) is 6.58. The third kappa shape index (κ3) is 6.17. The highest BCUT2D eigenvalue weighted by atomic mass is 127. The number of guanidine groups is 1. The Balaban J connectivity index is 0.00000261. The van der Waals surface area contributed by atoms with Crippen molar-refractivity contribution < 1.29 is 0 Å². The molecule has 2 aromatic rings. The molecule has 0 bridgehead atoms. The summed E-state index contributed by atoms with van der Waals surface area (Å²) in [7, 11) is 0. The third-order valence-corrected chi connectivity index (χ3v) is 4.44. The molecule has 1 saturated heterocycles. The number of nitrogens with one attached hydrogen (secondary N) is 2. The van der Waals surface area contributed by atoms with Crippen LogP contribution < -0.4 is 15.5 Å². The average molecular weight is 502 g/mol. The monoisotopic (exact) mass is 501 g/mol. The van der Waals surface area contributed by atoms with E-state index in [0.29, 0.717) is 11.6 Å². The van der Waals surface area contributed by atoms with Crippen molar-refractivity contribution in [3.05, 3.63) is 47.1 Å². The molecule has 0 aromatic carbocycles. The van der Waals surface area contributed by atoms with Crippen LogP contribution >= 0.6 is 35.6 Å². The molecule has 2 N–H and O–H groups in total. The van der Waals surface area contributed by atoms with Gasteiger partial charge in [0.05, 0.1) is 17.3 Å². The number of halogens is 2. The SMILES string of the molecule is CCNC(=NCc1ccnc(C)n1)NC1CCN(c2ncccc2Cl)C1.I. The summed E-state index contributed by atoms with van der Waals surface area (Å²) in [6, 6.07) is 5.90. The van der Waals surface area contributed by atoms with Crippen molar-refractivity contribution in [3.8, 4) is 0 Å². The molecular formula is C18H25ClIN7. The van der Waals surface area contributed by atoms with Gasteiger partial charge in [0.2, 0.25) is 0 Å². The van der Waals surface area contributed by atoms with Gasteiger partial charge in [0.1, 0.15) is 11.6 Å². The standard InChI is InChI=1S/C18H24ClN7.HI/c1-3-20-18(23-11-14-6-9-21-13(2)24-14)25-15-7-10-26(12-15)17-16(19)5-4-8-22-17;/h4-6,8-9,15H,3,7,10-12H2,1-2H3,(H2,20,23,25);1H. The lowest BCUT2D eigenvalue weighted by Gasteiger charge is -2.20. The van der Waals surface area contributed by atoms with Crippen LogP contribution in [0, 0.1) is 6.92 Å². The topological polar surface area (TPSA) is 78.3 Å². The lowest BCUT2D eigenvalue weighted by atomic mass is 10.3. The van der Waals surface area contributed by atoms with Gasteiger partial charge < -0.3 is 15.5 Å². The summed E-state index contributed by atoms with van der Waals surface area (Å²) < 4.78 is 0. The lowest BCUT2D eigenvalue weighted by molar-refractivity contribution is 0.648. The minimum Gasteiger partial charge on any atom is -0.357 e. The molecule has 1 fully saturated rings. The summed E-state index contributed by atoms with van der Waals surface area (Å²) in [6.45, 7) is 7.01. The summed E-state index contributed by atoms with van der Waals surface area (Å²) in [6.07, 6.45) is 4.54. The first kappa shape index (κ1) is 21.6. The van der Waals surface area contributed by atoms with Crippen molar-refractivity contribution in [2.75, 3.05) is 24.5 Å². The molecule has 7 nitrogen and oxygen atoms in total. The summed E-state index contributed by atoms with van der Waals surface area (Å²) >= 11 is 6.27. The molecule has 0 radical (unpaired) electrons. The van der Waals surface area contributed by atoms with E-state index in [0.717, 1.165) is 49.4 Å². The lowest BCUT2D eigenvalue weighted by Crippen LogP contribution is -2.44. The molecule has 0 aliphatic carbocycles. The molecule has 27 heavy (non-hydrogen) atoms. The number of rotatable bonds is 5. The molecular weight excluding hydrogens is 477 g/mol. The van der Waals surface area contributed by atoms with Crippen molar-refractivity contribution in [1.82, 2.24) is 25.6 Å². The van der Waals surface area contributed by atoms with Gasteiger partial charge in [-0.1, -0.05) is 11.6 Å². The number of aliphatic imine (C=N–C) groups is 1. The molecule has 146 valence electrons. The van der Waals surface area contributed by atoms with E-state index in [-0.39, 0.29) is 30.0 Å².